The van der Waals surface area contributed by atoms with Crippen LogP contribution in [-0.2, 0) is 16.0 Å². The summed E-state index contributed by atoms with van der Waals surface area (Å²) in [6, 6.07) is 6.61. The number of hydrogen-bond donors (Lipinski definition) is 0. The number of ether oxygens (including phenoxy) is 1. The Balaban J connectivity index is 2.82. The van der Waals surface area contributed by atoms with Gasteiger partial charge in [-0.25, -0.2) is 9.18 Å². The van der Waals surface area contributed by atoms with Crippen molar-refractivity contribution in [2.24, 2.45) is 0 Å². The van der Waals surface area contributed by atoms with Gasteiger partial charge >= 0.3 is 5.97 Å². The normalized spacial score (nSPS) is 12.3. The van der Waals surface area contributed by atoms with Crippen LogP contribution in [0.3, 0.4) is 0 Å². The fourth-order valence-electron chi connectivity index (χ4n) is 1.49. The number of halogens is 1. The predicted molar refractivity (Wildman–Crippen MR) is 66.3 cm³/mol. The van der Waals surface area contributed by atoms with Gasteiger partial charge in [-0.2, -0.15) is 0 Å². The monoisotopic (exact) mass is 252 g/mol. The number of carbonyl (C=O) groups excluding carboxylic acids is 2. The summed E-state index contributed by atoms with van der Waals surface area (Å²) in [7, 11) is 0. The molecule has 0 saturated carbocycles. The molecule has 1 unspecified atom stereocenters. The van der Waals surface area contributed by atoms with Gasteiger partial charge in [-0.05, 0) is 31.9 Å². The fourth-order valence-corrected chi connectivity index (χ4v) is 1.49. The number of aryl methyl sites for hydroxylation is 1. The van der Waals surface area contributed by atoms with Crippen molar-refractivity contribution in [1.82, 2.24) is 0 Å². The van der Waals surface area contributed by atoms with Crippen LogP contribution in [0.5, 0.6) is 0 Å². The maximum absolute atomic E-state index is 13.6. The third kappa shape index (κ3) is 3.65. The lowest BCUT2D eigenvalue weighted by atomic mass is 10.0. The van der Waals surface area contributed by atoms with E-state index in [9.17, 15) is 14.0 Å². The van der Waals surface area contributed by atoms with Gasteiger partial charge in [-0.1, -0.05) is 25.1 Å². The van der Waals surface area contributed by atoms with Crippen molar-refractivity contribution < 1.29 is 18.7 Å². The first kappa shape index (κ1) is 14.4. The fraction of sp³-hybridized carbons (Fsp3) is 0.429. The van der Waals surface area contributed by atoms with Gasteiger partial charge in [0, 0.05) is 5.56 Å². The number of ketones is 1. The van der Waals surface area contributed by atoms with Gasteiger partial charge in [0.1, 0.15) is 0 Å². The van der Waals surface area contributed by atoms with Gasteiger partial charge in [0.2, 0.25) is 5.78 Å². The van der Waals surface area contributed by atoms with E-state index in [-0.39, 0.29) is 5.56 Å². The molecule has 4 heteroatoms. The van der Waals surface area contributed by atoms with Gasteiger partial charge in [0.25, 0.3) is 6.17 Å². The maximum atomic E-state index is 13.6. The zero-order chi connectivity index (χ0) is 13.7. The van der Waals surface area contributed by atoms with Crippen LogP contribution < -0.4 is 0 Å². The molecule has 0 fully saturated rings. The Kier molecular flexibility index (Phi) is 5.01. The zero-order valence-electron chi connectivity index (χ0n) is 10.8. The van der Waals surface area contributed by atoms with Crippen LogP contribution in [0.4, 0.5) is 4.39 Å². The van der Waals surface area contributed by atoms with Crippen molar-refractivity contribution in [3.63, 3.8) is 0 Å². The van der Waals surface area contributed by atoms with Crippen LogP contribution >= 0.6 is 0 Å². The first-order valence-corrected chi connectivity index (χ1v) is 5.93. The first-order valence-electron chi connectivity index (χ1n) is 5.93. The van der Waals surface area contributed by atoms with Crippen LogP contribution in [0, 0.1) is 0 Å². The highest BCUT2D eigenvalue weighted by atomic mass is 19.1. The molecule has 0 saturated heterocycles. The summed E-state index contributed by atoms with van der Waals surface area (Å²) in [5, 5.41) is 0. The number of rotatable bonds is 5. The van der Waals surface area contributed by atoms with E-state index in [1.807, 2.05) is 13.0 Å². The van der Waals surface area contributed by atoms with Crippen molar-refractivity contribution in [1.29, 1.82) is 0 Å². The molecule has 0 spiro atoms. The molecule has 1 aromatic carbocycles. The Labute approximate surface area is 106 Å². The summed E-state index contributed by atoms with van der Waals surface area (Å²) >= 11 is 0. The molecule has 0 amide bonds. The van der Waals surface area contributed by atoms with Crippen molar-refractivity contribution in [3.8, 4) is 0 Å². The van der Waals surface area contributed by atoms with E-state index in [2.05, 4.69) is 4.74 Å². The molecule has 18 heavy (non-hydrogen) atoms. The molecule has 0 bridgehead atoms. The average molecular weight is 252 g/mol. The second kappa shape index (κ2) is 6.28. The summed E-state index contributed by atoms with van der Waals surface area (Å²) in [6.07, 6.45) is -1.95. The van der Waals surface area contributed by atoms with E-state index in [0.717, 1.165) is 12.0 Å². The van der Waals surface area contributed by atoms with E-state index < -0.39 is 24.0 Å². The predicted octanol–water partition coefficient (Wildman–Crippen LogP) is 2.72. The second-order valence-corrected chi connectivity index (χ2v) is 4.27. The second-order valence-electron chi connectivity index (χ2n) is 4.27. The summed E-state index contributed by atoms with van der Waals surface area (Å²) in [5.74, 6) is -1.98. The summed E-state index contributed by atoms with van der Waals surface area (Å²) < 4.78 is 18.3. The maximum Gasteiger partial charge on any atom is 0.349 e. The molecule has 98 valence electrons. The first-order chi connectivity index (χ1) is 8.45. The Morgan fingerprint density at radius 2 is 2.00 bits per heavy atom. The van der Waals surface area contributed by atoms with Crippen LogP contribution in [0.25, 0.3) is 0 Å². The van der Waals surface area contributed by atoms with Gasteiger partial charge in [0.05, 0.1) is 6.10 Å². The lowest BCUT2D eigenvalue weighted by molar-refractivity contribution is -0.151. The highest BCUT2D eigenvalue weighted by molar-refractivity contribution is 6.11. The number of esters is 1. The summed E-state index contributed by atoms with van der Waals surface area (Å²) in [4.78, 5) is 23.1. The standard InChI is InChI=1S/C14H17FO3/c1-4-10-6-5-7-11(8-10)13(16)12(15)14(17)18-9(2)3/h5-9,12H,4H2,1-3H3. The number of Topliss-reactive ketones (excluding diaryl/α,β-unsaturated/α-hetero) is 1. The van der Waals surface area contributed by atoms with Crippen molar-refractivity contribution in [2.75, 3.05) is 0 Å². The Hall–Kier alpha value is -1.71. The largest absolute Gasteiger partial charge is 0.460 e. The van der Waals surface area contributed by atoms with E-state index in [4.69, 9.17) is 0 Å². The van der Waals surface area contributed by atoms with Crippen LogP contribution in [0.1, 0.15) is 36.7 Å². The quantitative estimate of drug-likeness (QED) is 0.460. The Morgan fingerprint density at radius 1 is 1.33 bits per heavy atom. The summed E-state index contributed by atoms with van der Waals surface area (Å²) in [5.41, 5.74) is 1.12. The molecule has 0 aliphatic carbocycles. The minimum Gasteiger partial charge on any atom is -0.460 e. The highest BCUT2D eigenvalue weighted by Gasteiger charge is 2.29. The molecule has 1 aromatic rings. The molecule has 0 radical (unpaired) electrons. The molecule has 0 aliphatic heterocycles. The third-order valence-electron chi connectivity index (χ3n) is 2.41. The van der Waals surface area contributed by atoms with Crippen molar-refractivity contribution in [3.05, 3.63) is 35.4 Å². The molecule has 0 heterocycles. The van der Waals surface area contributed by atoms with Crippen molar-refractivity contribution in [2.45, 2.75) is 39.5 Å². The van der Waals surface area contributed by atoms with Crippen LogP contribution in [0.2, 0.25) is 0 Å². The third-order valence-corrected chi connectivity index (χ3v) is 2.41. The van der Waals surface area contributed by atoms with E-state index in [1.54, 1.807) is 26.0 Å². The molecule has 1 atom stereocenters. The van der Waals surface area contributed by atoms with Gasteiger partial charge in [-0.3, -0.25) is 4.79 Å². The molecule has 3 nitrogen and oxygen atoms in total. The molecule has 0 aliphatic rings. The van der Waals surface area contributed by atoms with E-state index in [0.29, 0.717) is 0 Å². The minimum absolute atomic E-state index is 0.197. The molecule has 0 N–H and O–H groups in total. The topological polar surface area (TPSA) is 43.4 Å². The highest BCUT2D eigenvalue weighted by Crippen LogP contribution is 2.12. The van der Waals surface area contributed by atoms with Gasteiger partial charge < -0.3 is 4.74 Å². The van der Waals surface area contributed by atoms with Crippen LogP contribution in [-0.4, -0.2) is 24.0 Å². The average Bonchev–Trinajstić information content (AvgIpc) is 2.36. The van der Waals surface area contributed by atoms with Gasteiger partial charge in [-0.15, -0.1) is 0 Å². The number of hydrogen-bond acceptors (Lipinski definition) is 3. The van der Waals surface area contributed by atoms with E-state index >= 15 is 0 Å². The van der Waals surface area contributed by atoms with E-state index in [1.165, 1.54) is 6.07 Å². The minimum atomic E-state index is -2.25. The van der Waals surface area contributed by atoms with Gasteiger partial charge in [0.15, 0.2) is 0 Å². The lowest BCUT2D eigenvalue weighted by Crippen LogP contribution is -2.29. The molecular weight excluding hydrogens is 235 g/mol. The molecule has 0 aromatic heterocycles. The Morgan fingerprint density at radius 3 is 2.56 bits per heavy atom. The summed E-state index contributed by atoms with van der Waals surface area (Å²) in [6.45, 7) is 5.14. The molecule has 1 rings (SSSR count). The zero-order valence-corrected chi connectivity index (χ0v) is 10.8. The Bertz CT molecular complexity index is 440. The number of carbonyl (C=O) groups is 2. The smallest absolute Gasteiger partial charge is 0.349 e. The van der Waals surface area contributed by atoms with Crippen LogP contribution in [0.15, 0.2) is 24.3 Å². The number of alkyl halides is 1. The molecular formula is C14H17FO3. The SMILES string of the molecule is CCc1cccc(C(=O)C(F)C(=O)OC(C)C)c1. The lowest BCUT2D eigenvalue weighted by Gasteiger charge is -2.11. The number of benzene rings is 1. The van der Waals surface area contributed by atoms with Crippen molar-refractivity contribution >= 4 is 11.8 Å².